The summed E-state index contributed by atoms with van der Waals surface area (Å²) in [5.74, 6) is 1.58. The number of hydrogen-bond acceptors (Lipinski definition) is 3. The maximum absolute atomic E-state index is 4.20. The zero-order valence-corrected chi connectivity index (χ0v) is 8.31. The van der Waals surface area contributed by atoms with Crippen molar-refractivity contribution in [2.45, 2.75) is 13.8 Å². The second kappa shape index (κ2) is 2.52. The van der Waals surface area contributed by atoms with Crippen LogP contribution in [0.3, 0.4) is 0 Å². The minimum atomic E-state index is 0.715. The van der Waals surface area contributed by atoms with Crippen LogP contribution >= 0.6 is 15.9 Å². The minimum Gasteiger partial charge on any atom is -0.339 e. The molecule has 0 spiro atoms. The Bertz CT molecular complexity index is 434. The SMILES string of the molecule is Cc1nc(Br)c2[nH]c(C)nc2n1. The van der Waals surface area contributed by atoms with Crippen LogP contribution in [0.5, 0.6) is 0 Å². The minimum absolute atomic E-state index is 0.715. The van der Waals surface area contributed by atoms with Crippen LogP contribution in [0.1, 0.15) is 11.6 Å². The van der Waals surface area contributed by atoms with E-state index in [1.807, 2.05) is 13.8 Å². The highest BCUT2D eigenvalue weighted by atomic mass is 79.9. The van der Waals surface area contributed by atoms with Crippen molar-refractivity contribution in [3.63, 3.8) is 0 Å². The van der Waals surface area contributed by atoms with Gasteiger partial charge in [0.15, 0.2) is 5.65 Å². The molecule has 1 N–H and O–H groups in total. The van der Waals surface area contributed by atoms with E-state index in [0.717, 1.165) is 21.8 Å². The molecule has 0 atom stereocenters. The van der Waals surface area contributed by atoms with Crippen molar-refractivity contribution >= 4 is 27.1 Å². The average Bonchev–Trinajstić information content (AvgIpc) is 2.29. The number of aromatic amines is 1. The highest BCUT2D eigenvalue weighted by molar-refractivity contribution is 9.10. The first-order valence-corrected chi connectivity index (χ1v) is 4.32. The summed E-state index contributed by atoms with van der Waals surface area (Å²) in [5, 5.41) is 0. The normalized spacial score (nSPS) is 10.9. The summed E-state index contributed by atoms with van der Waals surface area (Å²) in [4.78, 5) is 15.6. The van der Waals surface area contributed by atoms with E-state index in [2.05, 4.69) is 35.9 Å². The predicted molar refractivity (Wildman–Crippen MR) is 48.9 cm³/mol. The molecule has 2 aromatic rings. The number of nitrogens with one attached hydrogen (secondary N) is 1. The van der Waals surface area contributed by atoms with E-state index in [1.165, 1.54) is 0 Å². The lowest BCUT2D eigenvalue weighted by atomic mass is 10.5. The monoisotopic (exact) mass is 226 g/mol. The van der Waals surface area contributed by atoms with Gasteiger partial charge in [0.25, 0.3) is 0 Å². The summed E-state index contributed by atoms with van der Waals surface area (Å²) < 4.78 is 0.769. The highest BCUT2D eigenvalue weighted by Crippen LogP contribution is 2.17. The molecule has 5 heteroatoms. The van der Waals surface area contributed by atoms with Crippen molar-refractivity contribution in [2.75, 3.05) is 0 Å². The Morgan fingerprint density at radius 2 is 1.92 bits per heavy atom. The van der Waals surface area contributed by atoms with Gasteiger partial charge in [0.05, 0.1) is 0 Å². The van der Waals surface area contributed by atoms with Crippen LogP contribution in [-0.4, -0.2) is 19.9 Å². The van der Waals surface area contributed by atoms with Crippen molar-refractivity contribution in [3.05, 3.63) is 16.3 Å². The van der Waals surface area contributed by atoms with E-state index >= 15 is 0 Å². The zero-order chi connectivity index (χ0) is 8.72. The number of fused-ring (bicyclic) bond motifs is 1. The van der Waals surface area contributed by atoms with E-state index < -0.39 is 0 Å². The van der Waals surface area contributed by atoms with Gasteiger partial charge in [0, 0.05) is 0 Å². The van der Waals surface area contributed by atoms with Crippen LogP contribution in [0.4, 0.5) is 0 Å². The lowest BCUT2D eigenvalue weighted by Crippen LogP contribution is -1.89. The van der Waals surface area contributed by atoms with Crippen LogP contribution in [0.15, 0.2) is 4.60 Å². The number of hydrogen-bond donors (Lipinski definition) is 1. The molecule has 62 valence electrons. The third kappa shape index (κ3) is 1.10. The first-order chi connectivity index (χ1) is 5.66. The molecule has 0 unspecified atom stereocenters. The van der Waals surface area contributed by atoms with Gasteiger partial charge in [-0.3, -0.25) is 0 Å². The molecule has 0 amide bonds. The smallest absolute Gasteiger partial charge is 0.182 e. The number of imidazole rings is 1. The van der Waals surface area contributed by atoms with Crippen LogP contribution in [0.2, 0.25) is 0 Å². The number of aromatic nitrogens is 4. The number of rotatable bonds is 0. The molecule has 0 aliphatic carbocycles. The van der Waals surface area contributed by atoms with Gasteiger partial charge in [-0.05, 0) is 29.8 Å². The second-order valence-electron chi connectivity index (χ2n) is 2.58. The molecule has 12 heavy (non-hydrogen) atoms. The standard InChI is InChI=1S/C7H7BrN4/c1-3-9-5-6(8)10-4(2)12-7(5)11-3/h1-2H3,(H,9,10,11,12). The van der Waals surface area contributed by atoms with Crippen LogP contribution in [0.25, 0.3) is 11.2 Å². The average molecular weight is 227 g/mol. The molecule has 0 aromatic carbocycles. The molecule has 0 aliphatic heterocycles. The van der Waals surface area contributed by atoms with Gasteiger partial charge in [-0.2, -0.15) is 0 Å². The first kappa shape index (κ1) is 7.67. The Morgan fingerprint density at radius 1 is 1.17 bits per heavy atom. The Balaban J connectivity index is 2.88. The highest BCUT2D eigenvalue weighted by Gasteiger charge is 2.06. The Hall–Kier alpha value is -0.970. The van der Waals surface area contributed by atoms with E-state index in [0.29, 0.717) is 5.65 Å². The molecule has 0 aliphatic rings. The van der Waals surface area contributed by atoms with Gasteiger partial charge in [-0.25, -0.2) is 15.0 Å². The molecule has 0 saturated heterocycles. The Labute approximate surface area is 77.6 Å². The van der Waals surface area contributed by atoms with E-state index in [4.69, 9.17) is 0 Å². The van der Waals surface area contributed by atoms with E-state index in [1.54, 1.807) is 0 Å². The molecular weight excluding hydrogens is 220 g/mol. The van der Waals surface area contributed by atoms with E-state index in [-0.39, 0.29) is 0 Å². The molecule has 2 heterocycles. The second-order valence-corrected chi connectivity index (χ2v) is 3.33. The van der Waals surface area contributed by atoms with Crippen molar-refractivity contribution in [1.29, 1.82) is 0 Å². The summed E-state index contributed by atoms with van der Waals surface area (Å²) in [7, 11) is 0. The van der Waals surface area contributed by atoms with Crippen molar-refractivity contribution in [3.8, 4) is 0 Å². The number of aryl methyl sites for hydroxylation is 2. The zero-order valence-electron chi connectivity index (χ0n) is 6.72. The molecule has 2 rings (SSSR count). The summed E-state index contributed by atoms with van der Waals surface area (Å²) in [6, 6.07) is 0. The molecule has 2 aromatic heterocycles. The fourth-order valence-corrected chi connectivity index (χ4v) is 1.61. The van der Waals surface area contributed by atoms with Crippen LogP contribution < -0.4 is 0 Å². The van der Waals surface area contributed by atoms with Gasteiger partial charge in [-0.1, -0.05) is 0 Å². The topological polar surface area (TPSA) is 54.5 Å². The van der Waals surface area contributed by atoms with Crippen molar-refractivity contribution < 1.29 is 0 Å². The number of nitrogens with zero attached hydrogens (tertiary/aromatic N) is 3. The molecule has 0 bridgehead atoms. The summed E-state index contributed by atoms with van der Waals surface area (Å²) in [6.07, 6.45) is 0. The fourth-order valence-electron chi connectivity index (χ4n) is 1.08. The Kier molecular flexibility index (Phi) is 1.61. The Morgan fingerprint density at radius 3 is 2.67 bits per heavy atom. The van der Waals surface area contributed by atoms with Crippen molar-refractivity contribution in [1.82, 2.24) is 19.9 Å². The van der Waals surface area contributed by atoms with Gasteiger partial charge >= 0.3 is 0 Å². The third-order valence-electron chi connectivity index (χ3n) is 1.54. The molecular formula is C7H7BrN4. The van der Waals surface area contributed by atoms with Crippen LogP contribution in [-0.2, 0) is 0 Å². The van der Waals surface area contributed by atoms with Crippen LogP contribution in [0, 0.1) is 13.8 Å². The summed E-state index contributed by atoms with van der Waals surface area (Å²) in [6.45, 7) is 3.73. The predicted octanol–water partition coefficient (Wildman–Crippen LogP) is 1.73. The maximum atomic E-state index is 4.20. The maximum Gasteiger partial charge on any atom is 0.182 e. The third-order valence-corrected chi connectivity index (χ3v) is 2.11. The molecule has 4 nitrogen and oxygen atoms in total. The van der Waals surface area contributed by atoms with Gasteiger partial charge in [0.1, 0.15) is 21.8 Å². The van der Waals surface area contributed by atoms with E-state index in [9.17, 15) is 0 Å². The lowest BCUT2D eigenvalue weighted by molar-refractivity contribution is 1.06. The molecule has 0 saturated carbocycles. The quantitative estimate of drug-likeness (QED) is 0.697. The summed E-state index contributed by atoms with van der Waals surface area (Å²) in [5.41, 5.74) is 1.57. The lowest BCUT2D eigenvalue weighted by Gasteiger charge is -1.92. The van der Waals surface area contributed by atoms with Gasteiger partial charge in [0.2, 0.25) is 0 Å². The first-order valence-electron chi connectivity index (χ1n) is 3.53. The molecule has 0 radical (unpaired) electrons. The molecule has 0 fully saturated rings. The fraction of sp³-hybridized carbons (Fsp3) is 0.286. The largest absolute Gasteiger partial charge is 0.339 e. The van der Waals surface area contributed by atoms with Gasteiger partial charge in [-0.15, -0.1) is 0 Å². The summed E-state index contributed by atoms with van der Waals surface area (Å²) >= 11 is 3.34. The van der Waals surface area contributed by atoms with Crippen molar-refractivity contribution in [2.24, 2.45) is 0 Å². The number of halogens is 1. The number of H-pyrrole nitrogens is 1. The van der Waals surface area contributed by atoms with Gasteiger partial charge < -0.3 is 4.98 Å².